The molecule has 2 heterocycles. The van der Waals surface area contributed by atoms with Crippen molar-refractivity contribution < 1.29 is 9.13 Å². The van der Waals surface area contributed by atoms with Crippen molar-refractivity contribution in [2.45, 2.75) is 63.6 Å². The van der Waals surface area contributed by atoms with E-state index in [9.17, 15) is 4.39 Å². The van der Waals surface area contributed by atoms with Gasteiger partial charge in [-0.05, 0) is 69.6 Å². The second-order valence-electron chi connectivity index (χ2n) is 9.00. The lowest BCUT2D eigenvalue weighted by Crippen LogP contribution is -2.42. The van der Waals surface area contributed by atoms with Crippen LogP contribution in [0.15, 0.2) is 30.5 Å². The molecule has 7 heteroatoms. The molecule has 2 aliphatic rings. The van der Waals surface area contributed by atoms with Gasteiger partial charge >= 0.3 is 0 Å². The molecule has 0 saturated heterocycles. The van der Waals surface area contributed by atoms with Gasteiger partial charge in [0.25, 0.3) is 0 Å². The van der Waals surface area contributed by atoms with Crippen LogP contribution in [0.2, 0.25) is 0 Å². The summed E-state index contributed by atoms with van der Waals surface area (Å²) in [7, 11) is 1.74. The van der Waals surface area contributed by atoms with Gasteiger partial charge in [0.2, 0.25) is 0 Å². The van der Waals surface area contributed by atoms with Gasteiger partial charge in [-0.3, -0.25) is 0 Å². The van der Waals surface area contributed by atoms with E-state index in [4.69, 9.17) is 4.74 Å². The molecule has 168 valence electrons. The zero-order chi connectivity index (χ0) is 21.6. The number of hydrogen-bond donors (Lipinski definition) is 3. The van der Waals surface area contributed by atoms with Crippen molar-refractivity contribution in [3.05, 3.63) is 36.3 Å². The Kier molecular flexibility index (Phi) is 7.35. The van der Waals surface area contributed by atoms with Crippen LogP contribution in [-0.4, -0.2) is 48.4 Å². The number of methoxy groups -OCH3 is 1. The molecule has 0 radical (unpaired) electrons. The summed E-state index contributed by atoms with van der Waals surface area (Å²) in [6.07, 6.45) is 8.19. The first kappa shape index (κ1) is 22.0. The van der Waals surface area contributed by atoms with Crippen LogP contribution < -0.4 is 16.0 Å². The first-order valence-electron chi connectivity index (χ1n) is 11.5. The molecule has 2 aliphatic carbocycles. The van der Waals surface area contributed by atoms with Crippen LogP contribution >= 0.6 is 0 Å². The van der Waals surface area contributed by atoms with Crippen molar-refractivity contribution in [2.75, 3.05) is 30.9 Å². The van der Waals surface area contributed by atoms with E-state index < -0.39 is 0 Å². The fourth-order valence-electron chi connectivity index (χ4n) is 4.28. The second-order valence-corrected chi connectivity index (χ2v) is 9.00. The summed E-state index contributed by atoms with van der Waals surface area (Å²) < 4.78 is 19.8. The van der Waals surface area contributed by atoms with E-state index in [1.165, 1.54) is 19.0 Å². The van der Waals surface area contributed by atoms with Gasteiger partial charge in [0, 0.05) is 37.3 Å². The molecule has 6 nitrogen and oxygen atoms in total. The third-order valence-corrected chi connectivity index (χ3v) is 6.17. The largest absolute Gasteiger partial charge is 0.383 e. The van der Waals surface area contributed by atoms with Crippen molar-refractivity contribution in [3.8, 4) is 11.3 Å². The highest BCUT2D eigenvalue weighted by Gasteiger charge is 2.23. The van der Waals surface area contributed by atoms with Gasteiger partial charge in [-0.1, -0.05) is 6.07 Å². The van der Waals surface area contributed by atoms with E-state index in [2.05, 4.69) is 32.8 Å². The average Bonchev–Trinajstić information content (AvgIpc) is 3.60. The molecular formula is C24H34FN5O. The molecule has 2 saturated carbocycles. The Morgan fingerprint density at radius 1 is 1.10 bits per heavy atom. The summed E-state index contributed by atoms with van der Waals surface area (Å²) in [6, 6.07) is 8.72. The van der Waals surface area contributed by atoms with Crippen molar-refractivity contribution in [1.29, 1.82) is 0 Å². The van der Waals surface area contributed by atoms with Crippen LogP contribution in [0.3, 0.4) is 0 Å². The molecule has 31 heavy (non-hydrogen) atoms. The van der Waals surface area contributed by atoms with E-state index in [0.29, 0.717) is 35.2 Å². The summed E-state index contributed by atoms with van der Waals surface area (Å²) in [5, 5.41) is 10.5. The summed E-state index contributed by atoms with van der Waals surface area (Å²) in [6.45, 7) is 3.82. The molecular weight excluding hydrogens is 393 g/mol. The van der Waals surface area contributed by atoms with E-state index in [-0.39, 0.29) is 5.82 Å². The van der Waals surface area contributed by atoms with Crippen LogP contribution in [0.4, 0.5) is 16.0 Å². The van der Waals surface area contributed by atoms with E-state index in [1.54, 1.807) is 13.2 Å². The average molecular weight is 428 g/mol. The van der Waals surface area contributed by atoms with Gasteiger partial charge in [0.05, 0.1) is 18.5 Å². The molecule has 2 aromatic rings. The lowest BCUT2D eigenvalue weighted by molar-refractivity contribution is 0.161. The van der Waals surface area contributed by atoms with Crippen molar-refractivity contribution in [2.24, 2.45) is 5.92 Å². The zero-order valence-electron chi connectivity index (χ0n) is 18.5. The highest BCUT2D eigenvalue weighted by atomic mass is 19.1. The fourth-order valence-corrected chi connectivity index (χ4v) is 4.28. The van der Waals surface area contributed by atoms with E-state index in [0.717, 1.165) is 50.6 Å². The van der Waals surface area contributed by atoms with E-state index >= 15 is 0 Å². The van der Waals surface area contributed by atoms with Crippen molar-refractivity contribution in [1.82, 2.24) is 15.3 Å². The number of anilines is 2. The van der Waals surface area contributed by atoms with Crippen LogP contribution in [0.1, 0.15) is 45.4 Å². The third-order valence-electron chi connectivity index (χ3n) is 6.17. The molecule has 0 bridgehead atoms. The van der Waals surface area contributed by atoms with E-state index in [1.807, 2.05) is 18.2 Å². The SMILES string of the molecule is COC[C@@H](C)N[C@H]1CC[C@H](Nc2cc(-c3cccc(NCC4CC4)n3)c(F)cn2)CC1. The Hall–Kier alpha value is -2.25. The van der Waals surface area contributed by atoms with Gasteiger partial charge in [-0.25, -0.2) is 14.4 Å². The maximum atomic E-state index is 14.6. The number of aromatic nitrogens is 2. The Morgan fingerprint density at radius 2 is 1.87 bits per heavy atom. The number of ether oxygens (including phenoxy) is 1. The minimum Gasteiger partial charge on any atom is -0.383 e. The van der Waals surface area contributed by atoms with Crippen LogP contribution in [0.5, 0.6) is 0 Å². The molecule has 2 fully saturated rings. The predicted octanol–water partition coefficient (Wildman–Crippen LogP) is 4.45. The summed E-state index contributed by atoms with van der Waals surface area (Å²) in [4.78, 5) is 8.90. The molecule has 3 N–H and O–H groups in total. The zero-order valence-corrected chi connectivity index (χ0v) is 18.5. The molecule has 0 unspecified atom stereocenters. The fraction of sp³-hybridized carbons (Fsp3) is 0.583. The number of halogens is 1. The molecule has 2 aromatic heterocycles. The van der Waals surface area contributed by atoms with Gasteiger partial charge in [-0.15, -0.1) is 0 Å². The topological polar surface area (TPSA) is 71.1 Å². The maximum Gasteiger partial charge on any atom is 0.151 e. The number of nitrogens with one attached hydrogen (secondary N) is 3. The first-order chi connectivity index (χ1) is 15.1. The first-order valence-corrected chi connectivity index (χ1v) is 11.5. The highest BCUT2D eigenvalue weighted by molar-refractivity contribution is 5.65. The lowest BCUT2D eigenvalue weighted by atomic mass is 9.90. The highest BCUT2D eigenvalue weighted by Crippen LogP contribution is 2.30. The molecule has 0 aromatic carbocycles. The number of rotatable bonds is 10. The monoisotopic (exact) mass is 427 g/mol. The predicted molar refractivity (Wildman–Crippen MR) is 123 cm³/mol. The Bertz CT molecular complexity index is 852. The number of hydrogen-bond acceptors (Lipinski definition) is 6. The maximum absolute atomic E-state index is 14.6. The number of pyridine rings is 2. The summed E-state index contributed by atoms with van der Waals surface area (Å²) in [5.41, 5.74) is 1.11. The van der Waals surface area contributed by atoms with Gasteiger partial charge in [0.15, 0.2) is 5.82 Å². The normalized spacial score (nSPS) is 22.2. The quantitative estimate of drug-likeness (QED) is 0.520. The second kappa shape index (κ2) is 10.4. The Labute approximate surface area is 184 Å². The smallest absolute Gasteiger partial charge is 0.151 e. The lowest BCUT2D eigenvalue weighted by Gasteiger charge is -2.31. The van der Waals surface area contributed by atoms with Crippen LogP contribution in [0, 0.1) is 11.7 Å². The molecule has 1 atom stereocenters. The van der Waals surface area contributed by atoms with Crippen LogP contribution in [0.25, 0.3) is 11.3 Å². The summed E-state index contributed by atoms with van der Waals surface area (Å²) in [5.74, 6) is 1.91. The summed E-state index contributed by atoms with van der Waals surface area (Å²) >= 11 is 0. The molecule has 4 rings (SSSR count). The standard InChI is InChI=1S/C24H34FN5O/c1-16(15-31-2)28-18-8-10-19(11-9-18)29-24-12-20(21(25)14-27-24)22-4-3-5-23(30-22)26-13-17-6-7-17/h3-5,12,14,16-19,28H,6-11,13,15H2,1-2H3,(H,26,30)(H,27,29)/t16-,18-,19-/m1/s1. The van der Waals surface area contributed by atoms with Crippen molar-refractivity contribution >= 4 is 11.6 Å². The molecule has 0 aliphatic heterocycles. The van der Waals surface area contributed by atoms with Gasteiger partial charge < -0.3 is 20.7 Å². The Balaban J connectivity index is 1.35. The third kappa shape index (κ3) is 6.37. The van der Waals surface area contributed by atoms with Gasteiger partial charge in [0.1, 0.15) is 11.6 Å². The van der Waals surface area contributed by atoms with Crippen molar-refractivity contribution in [3.63, 3.8) is 0 Å². The molecule has 0 amide bonds. The van der Waals surface area contributed by atoms with Gasteiger partial charge in [-0.2, -0.15) is 0 Å². The Morgan fingerprint density at radius 3 is 2.61 bits per heavy atom. The minimum atomic E-state index is -0.350. The minimum absolute atomic E-state index is 0.348. The van der Waals surface area contributed by atoms with Crippen LogP contribution in [-0.2, 0) is 4.74 Å². The number of nitrogens with zero attached hydrogens (tertiary/aromatic N) is 2. The molecule has 0 spiro atoms.